The Labute approximate surface area is 241 Å². The van der Waals surface area contributed by atoms with Crippen molar-refractivity contribution in [2.45, 2.75) is 220 Å². The van der Waals surface area contributed by atoms with Gasteiger partial charge in [0.05, 0.1) is 12.2 Å². The van der Waals surface area contributed by atoms with Crippen LogP contribution in [0.2, 0.25) is 0 Å². The highest BCUT2D eigenvalue weighted by Crippen LogP contribution is 2.30. The number of rotatable bonds is 31. The summed E-state index contributed by atoms with van der Waals surface area (Å²) in [6.07, 6.45) is 34.7. The molecule has 0 saturated carbocycles. The lowest BCUT2D eigenvalue weighted by Crippen LogP contribution is -2.39. The largest absolute Gasteiger partial charge is 0.390 e. The standard InChI is InChI=1S/C36H74O2/c1-5-9-13-17-20-21-24-28-32-34(31-27-23-19-15-11-7-3)36(38)35(37)33(29-25-16-12-8-4)30-26-22-18-14-10-6-2/h33-38H,5-32H2,1-4H3. The quantitative estimate of drug-likeness (QED) is 0.0861. The lowest BCUT2D eigenvalue weighted by atomic mass is 9.80. The Balaban J connectivity index is 4.86. The SMILES string of the molecule is CCCCCCCCCCC(CCCCCCCC)C(O)C(O)C(CCCCCC)CCCCCCCC. The molecule has 0 heterocycles. The van der Waals surface area contributed by atoms with Gasteiger partial charge in [-0.1, -0.05) is 182 Å². The summed E-state index contributed by atoms with van der Waals surface area (Å²) in [5.74, 6) is 0.553. The molecule has 0 aliphatic heterocycles. The van der Waals surface area contributed by atoms with Crippen LogP contribution >= 0.6 is 0 Å². The lowest BCUT2D eigenvalue weighted by molar-refractivity contribution is -0.0567. The van der Waals surface area contributed by atoms with E-state index in [4.69, 9.17) is 0 Å². The van der Waals surface area contributed by atoms with Crippen LogP contribution in [0.5, 0.6) is 0 Å². The second kappa shape index (κ2) is 29.9. The number of hydrogen-bond acceptors (Lipinski definition) is 2. The molecule has 0 aromatic carbocycles. The third-order valence-electron chi connectivity index (χ3n) is 9.03. The van der Waals surface area contributed by atoms with Gasteiger partial charge in [0.1, 0.15) is 0 Å². The first kappa shape index (κ1) is 37.9. The van der Waals surface area contributed by atoms with Gasteiger partial charge in [-0.2, -0.15) is 0 Å². The van der Waals surface area contributed by atoms with Crippen LogP contribution in [0.1, 0.15) is 207 Å². The van der Waals surface area contributed by atoms with Crippen molar-refractivity contribution in [3.63, 3.8) is 0 Å². The van der Waals surface area contributed by atoms with E-state index in [-0.39, 0.29) is 11.8 Å². The molecule has 4 unspecified atom stereocenters. The molecule has 38 heavy (non-hydrogen) atoms. The van der Waals surface area contributed by atoms with Gasteiger partial charge in [0.25, 0.3) is 0 Å². The van der Waals surface area contributed by atoms with Gasteiger partial charge < -0.3 is 10.2 Å². The Bertz CT molecular complexity index is 437. The summed E-state index contributed by atoms with van der Waals surface area (Å²) in [4.78, 5) is 0. The molecule has 230 valence electrons. The van der Waals surface area contributed by atoms with Crippen molar-refractivity contribution in [2.75, 3.05) is 0 Å². The monoisotopic (exact) mass is 539 g/mol. The molecule has 0 amide bonds. The third kappa shape index (κ3) is 22.7. The van der Waals surface area contributed by atoms with Crippen molar-refractivity contribution in [3.8, 4) is 0 Å². The summed E-state index contributed by atoms with van der Waals surface area (Å²) in [6, 6.07) is 0. The smallest absolute Gasteiger partial charge is 0.0829 e. The number of aliphatic hydroxyl groups is 2. The Hall–Kier alpha value is -0.0800. The average molecular weight is 539 g/mol. The molecule has 0 aliphatic carbocycles. The van der Waals surface area contributed by atoms with E-state index in [9.17, 15) is 10.2 Å². The Morgan fingerprint density at radius 2 is 0.474 bits per heavy atom. The molecule has 0 aromatic heterocycles. The summed E-state index contributed by atoms with van der Waals surface area (Å²) in [6.45, 7) is 9.11. The molecule has 0 fully saturated rings. The van der Waals surface area contributed by atoms with E-state index in [1.165, 1.54) is 154 Å². The summed E-state index contributed by atoms with van der Waals surface area (Å²) in [5.41, 5.74) is 0. The van der Waals surface area contributed by atoms with Crippen molar-refractivity contribution in [2.24, 2.45) is 11.8 Å². The number of hydrogen-bond donors (Lipinski definition) is 2. The lowest BCUT2D eigenvalue weighted by Gasteiger charge is -2.32. The van der Waals surface area contributed by atoms with Crippen LogP contribution in [0, 0.1) is 11.8 Å². The summed E-state index contributed by atoms with van der Waals surface area (Å²) >= 11 is 0. The van der Waals surface area contributed by atoms with E-state index in [2.05, 4.69) is 27.7 Å². The van der Waals surface area contributed by atoms with Crippen molar-refractivity contribution in [1.82, 2.24) is 0 Å². The van der Waals surface area contributed by atoms with Gasteiger partial charge in [0, 0.05) is 0 Å². The van der Waals surface area contributed by atoms with Gasteiger partial charge in [-0.3, -0.25) is 0 Å². The Morgan fingerprint density at radius 3 is 0.711 bits per heavy atom. The van der Waals surface area contributed by atoms with Crippen LogP contribution < -0.4 is 0 Å². The predicted octanol–water partition coefficient (Wildman–Crippen LogP) is 11.9. The molecule has 0 radical (unpaired) electrons. The fraction of sp³-hybridized carbons (Fsp3) is 1.00. The zero-order valence-electron chi connectivity index (χ0n) is 27.0. The maximum Gasteiger partial charge on any atom is 0.0829 e. The molecule has 0 aliphatic rings. The second-order valence-corrected chi connectivity index (χ2v) is 12.7. The summed E-state index contributed by atoms with van der Waals surface area (Å²) in [5, 5.41) is 23.0. The highest BCUT2D eigenvalue weighted by molar-refractivity contribution is 4.82. The van der Waals surface area contributed by atoms with Crippen LogP contribution in [0.15, 0.2) is 0 Å². The van der Waals surface area contributed by atoms with E-state index in [0.717, 1.165) is 25.7 Å². The minimum absolute atomic E-state index is 0.277. The van der Waals surface area contributed by atoms with Gasteiger partial charge in [-0.25, -0.2) is 0 Å². The van der Waals surface area contributed by atoms with Gasteiger partial charge in [0.2, 0.25) is 0 Å². The highest BCUT2D eigenvalue weighted by atomic mass is 16.3. The normalized spacial score (nSPS) is 15.0. The van der Waals surface area contributed by atoms with E-state index >= 15 is 0 Å². The van der Waals surface area contributed by atoms with Crippen LogP contribution in [-0.4, -0.2) is 22.4 Å². The average Bonchev–Trinajstić information content (AvgIpc) is 2.93. The maximum atomic E-state index is 11.5. The minimum atomic E-state index is -0.536. The molecule has 0 spiro atoms. The highest BCUT2D eigenvalue weighted by Gasteiger charge is 2.31. The first-order chi connectivity index (χ1) is 18.6. The minimum Gasteiger partial charge on any atom is -0.390 e. The summed E-state index contributed by atoms with van der Waals surface area (Å²) < 4.78 is 0. The van der Waals surface area contributed by atoms with Gasteiger partial charge in [-0.05, 0) is 37.5 Å². The second-order valence-electron chi connectivity index (χ2n) is 12.7. The first-order valence-electron chi connectivity index (χ1n) is 18.0. The van der Waals surface area contributed by atoms with Crippen LogP contribution in [-0.2, 0) is 0 Å². The van der Waals surface area contributed by atoms with Crippen molar-refractivity contribution < 1.29 is 10.2 Å². The third-order valence-corrected chi connectivity index (χ3v) is 9.03. The zero-order valence-corrected chi connectivity index (χ0v) is 27.0. The molecule has 0 aromatic rings. The molecule has 4 atom stereocenters. The molecule has 0 bridgehead atoms. The van der Waals surface area contributed by atoms with E-state index < -0.39 is 12.2 Å². The van der Waals surface area contributed by atoms with Crippen molar-refractivity contribution >= 4 is 0 Å². The molecule has 0 rings (SSSR count). The van der Waals surface area contributed by atoms with E-state index in [0.29, 0.717) is 0 Å². The Morgan fingerprint density at radius 1 is 0.289 bits per heavy atom. The maximum absolute atomic E-state index is 11.5. The number of unbranched alkanes of at least 4 members (excludes halogenated alkanes) is 20. The van der Waals surface area contributed by atoms with E-state index in [1.54, 1.807) is 0 Å². The molecule has 0 saturated heterocycles. The van der Waals surface area contributed by atoms with E-state index in [1.807, 2.05) is 0 Å². The molecule has 2 heteroatoms. The zero-order chi connectivity index (χ0) is 28.1. The molecule has 2 N–H and O–H groups in total. The van der Waals surface area contributed by atoms with Crippen LogP contribution in [0.4, 0.5) is 0 Å². The molecular weight excluding hydrogens is 464 g/mol. The van der Waals surface area contributed by atoms with Crippen LogP contribution in [0.25, 0.3) is 0 Å². The van der Waals surface area contributed by atoms with Gasteiger partial charge >= 0.3 is 0 Å². The number of aliphatic hydroxyl groups excluding tert-OH is 2. The van der Waals surface area contributed by atoms with Gasteiger partial charge in [-0.15, -0.1) is 0 Å². The fourth-order valence-corrected chi connectivity index (χ4v) is 6.28. The molecular formula is C36H74O2. The fourth-order valence-electron chi connectivity index (χ4n) is 6.28. The van der Waals surface area contributed by atoms with Crippen molar-refractivity contribution in [1.29, 1.82) is 0 Å². The van der Waals surface area contributed by atoms with Crippen molar-refractivity contribution in [3.05, 3.63) is 0 Å². The van der Waals surface area contributed by atoms with Gasteiger partial charge in [0.15, 0.2) is 0 Å². The first-order valence-corrected chi connectivity index (χ1v) is 18.0. The Kier molecular flexibility index (Phi) is 29.8. The predicted molar refractivity (Wildman–Crippen MR) is 171 cm³/mol. The van der Waals surface area contributed by atoms with Crippen LogP contribution in [0.3, 0.4) is 0 Å². The molecule has 2 nitrogen and oxygen atoms in total. The topological polar surface area (TPSA) is 40.5 Å². The summed E-state index contributed by atoms with van der Waals surface area (Å²) in [7, 11) is 0.